The molecule has 74 valence electrons. The summed E-state index contributed by atoms with van der Waals surface area (Å²) in [6.07, 6.45) is 6.08. The predicted molar refractivity (Wildman–Crippen MR) is 61.8 cm³/mol. The van der Waals surface area contributed by atoms with E-state index in [0.717, 1.165) is 5.02 Å². The van der Waals surface area contributed by atoms with Gasteiger partial charge in [-0.2, -0.15) is 0 Å². The lowest BCUT2D eigenvalue weighted by Crippen LogP contribution is -2.02. The molecule has 0 amide bonds. The van der Waals surface area contributed by atoms with E-state index >= 15 is 0 Å². The normalized spacial score (nSPS) is 21.9. The number of hydrogen-bond acceptors (Lipinski definition) is 0. The molecular formula is C13H15Cl. The molecule has 0 heterocycles. The van der Waals surface area contributed by atoms with Crippen molar-refractivity contribution in [1.29, 1.82) is 0 Å². The summed E-state index contributed by atoms with van der Waals surface area (Å²) >= 11 is 5.86. The second-order valence-corrected chi connectivity index (χ2v) is 4.51. The summed E-state index contributed by atoms with van der Waals surface area (Å²) < 4.78 is 0. The van der Waals surface area contributed by atoms with Crippen molar-refractivity contribution in [3.63, 3.8) is 0 Å². The van der Waals surface area contributed by atoms with Crippen molar-refractivity contribution in [2.24, 2.45) is 0 Å². The average molecular weight is 207 g/mol. The molecular weight excluding hydrogens is 192 g/mol. The fraction of sp³-hybridized carbons (Fsp3) is 0.385. The van der Waals surface area contributed by atoms with Gasteiger partial charge in [-0.1, -0.05) is 35.4 Å². The van der Waals surface area contributed by atoms with Crippen LogP contribution in [0.4, 0.5) is 0 Å². The fourth-order valence-corrected chi connectivity index (χ4v) is 2.13. The van der Waals surface area contributed by atoms with E-state index in [4.69, 9.17) is 11.6 Å². The van der Waals surface area contributed by atoms with Crippen molar-refractivity contribution in [1.82, 2.24) is 0 Å². The molecule has 1 aliphatic rings. The zero-order chi connectivity index (χ0) is 9.97. The van der Waals surface area contributed by atoms with Crippen LogP contribution in [0.15, 0.2) is 35.9 Å². The summed E-state index contributed by atoms with van der Waals surface area (Å²) in [5.41, 5.74) is 2.97. The highest BCUT2D eigenvalue weighted by molar-refractivity contribution is 6.30. The van der Waals surface area contributed by atoms with Gasteiger partial charge >= 0.3 is 0 Å². The first-order chi connectivity index (χ1) is 6.75. The number of hydrogen-bond donors (Lipinski definition) is 0. The first-order valence-corrected chi connectivity index (χ1v) is 5.54. The summed E-state index contributed by atoms with van der Waals surface area (Å²) in [5.74, 6) is 0.705. The van der Waals surface area contributed by atoms with Crippen molar-refractivity contribution >= 4 is 11.6 Å². The third kappa shape index (κ3) is 2.19. The quantitative estimate of drug-likeness (QED) is 0.592. The van der Waals surface area contributed by atoms with E-state index in [1.807, 2.05) is 12.1 Å². The van der Waals surface area contributed by atoms with Gasteiger partial charge in [-0.05, 0) is 49.8 Å². The Morgan fingerprint density at radius 1 is 1.21 bits per heavy atom. The Morgan fingerprint density at radius 3 is 2.50 bits per heavy atom. The minimum absolute atomic E-state index is 0.705. The molecule has 0 aliphatic heterocycles. The Kier molecular flexibility index (Phi) is 2.93. The summed E-state index contributed by atoms with van der Waals surface area (Å²) in [6, 6.07) is 8.28. The van der Waals surface area contributed by atoms with Crippen LogP contribution in [-0.4, -0.2) is 0 Å². The van der Waals surface area contributed by atoms with E-state index in [1.54, 1.807) is 0 Å². The molecule has 0 fully saturated rings. The van der Waals surface area contributed by atoms with Crippen LogP contribution in [0.1, 0.15) is 37.7 Å². The molecule has 0 nitrogen and oxygen atoms in total. The Morgan fingerprint density at radius 2 is 1.93 bits per heavy atom. The standard InChI is InChI=1S/C13H15Cl/c1-10-2-4-11(5-3-10)12-6-8-13(14)9-7-12/h2,6-9,11H,3-5H2,1H3/t11-/m0/s1. The minimum atomic E-state index is 0.705. The molecule has 0 saturated carbocycles. The molecule has 0 bridgehead atoms. The van der Waals surface area contributed by atoms with E-state index in [0.29, 0.717) is 5.92 Å². The Hall–Kier alpha value is -0.750. The molecule has 0 N–H and O–H groups in total. The highest BCUT2D eigenvalue weighted by atomic mass is 35.5. The summed E-state index contributed by atoms with van der Waals surface area (Å²) in [5, 5.41) is 0.830. The maximum absolute atomic E-state index is 5.86. The van der Waals surface area contributed by atoms with E-state index < -0.39 is 0 Å². The molecule has 0 spiro atoms. The monoisotopic (exact) mass is 206 g/mol. The molecule has 1 aromatic rings. The van der Waals surface area contributed by atoms with Gasteiger partial charge in [0.25, 0.3) is 0 Å². The number of benzene rings is 1. The van der Waals surface area contributed by atoms with Crippen LogP contribution < -0.4 is 0 Å². The van der Waals surface area contributed by atoms with Gasteiger partial charge in [0.2, 0.25) is 0 Å². The third-order valence-electron chi connectivity index (χ3n) is 2.98. The van der Waals surface area contributed by atoms with E-state index in [9.17, 15) is 0 Å². The Bertz CT molecular complexity index is 335. The van der Waals surface area contributed by atoms with Gasteiger partial charge in [-0.3, -0.25) is 0 Å². The smallest absolute Gasteiger partial charge is 0.0406 e. The maximum Gasteiger partial charge on any atom is 0.0406 e. The molecule has 1 aliphatic carbocycles. The van der Waals surface area contributed by atoms with Gasteiger partial charge in [-0.15, -0.1) is 0 Å². The third-order valence-corrected chi connectivity index (χ3v) is 3.23. The summed E-state index contributed by atoms with van der Waals surface area (Å²) in [4.78, 5) is 0. The molecule has 1 aromatic carbocycles. The second-order valence-electron chi connectivity index (χ2n) is 4.07. The van der Waals surface area contributed by atoms with Crippen molar-refractivity contribution in [3.8, 4) is 0 Å². The Labute approximate surface area is 90.6 Å². The van der Waals surface area contributed by atoms with E-state index in [2.05, 4.69) is 25.1 Å². The van der Waals surface area contributed by atoms with E-state index in [-0.39, 0.29) is 0 Å². The SMILES string of the molecule is CC1=CC[C@H](c2ccc(Cl)cc2)CC1. The number of halogens is 1. The number of allylic oxidation sites excluding steroid dienone is 2. The first kappa shape index (κ1) is 9.79. The average Bonchev–Trinajstić information content (AvgIpc) is 2.21. The highest BCUT2D eigenvalue weighted by Crippen LogP contribution is 2.32. The molecule has 0 unspecified atom stereocenters. The van der Waals surface area contributed by atoms with E-state index in [1.165, 1.54) is 30.4 Å². The van der Waals surface area contributed by atoms with Gasteiger partial charge in [0.1, 0.15) is 0 Å². The van der Waals surface area contributed by atoms with Crippen LogP contribution in [-0.2, 0) is 0 Å². The zero-order valence-electron chi connectivity index (χ0n) is 8.46. The topological polar surface area (TPSA) is 0 Å². The molecule has 2 rings (SSSR count). The zero-order valence-corrected chi connectivity index (χ0v) is 9.22. The number of rotatable bonds is 1. The van der Waals surface area contributed by atoms with Crippen LogP contribution >= 0.6 is 11.6 Å². The second kappa shape index (κ2) is 4.18. The van der Waals surface area contributed by atoms with Gasteiger partial charge in [-0.25, -0.2) is 0 Å². The molecule has 0 radical (unpaired) electrons. The Balaban J connectivity index is 2.13. The van der Waals surface area contributed by atoms with Crippen LogP contribution in [0, 0.1) is 0 Å². The first-order valence-electron chi connectivity index (χ1n) is 5.17. The van der Waals surface area contributed by atoms with Crippen molar-refractivity contribution < 1.29 is 0 Å². The van der Waals surface area contributed by atoms with Crippen molar-refractivity contribution in [3.05, 3.63) is 46.5 Å². The molecule has 0 saturated heterocycles. The largest absolute Gasteiger partial charge is 0.0850 e. The minimum Gasteiger partial charge on any atom is -0.0850 e. The van der Waals surface area contributed by atoms with Crippen molar-refractivity contribution in [2.45, 2.75) is 32.1 Å². The lowest BCUT2D eigenvalue weighted by Gasteiger charge is -2.20. The van der Waals surface area contributed by atoms with Crippen LogP contribution in [0.5, 0.6) is 0 Å². The summed E-state index contributed by atoms with van der Waals surface area (Å²) in [7, 11) is 0. The van der Waals surface area contributed by atoms with Crippen LogP contribution in [0.25, 0.3) is 0 Å². The van der Waals surface area contributed by atoms with Crippen LogP contribution in [0.3, 0.4) is 0 Å². The highest BCUT2D eigenvalue weighted by Gasteiger charge is 2.13. The van der Waals surface area contributed by atoms with Crippen molar-refractivity contribution in [2.75, 3.05) is 0 Å². The van der Waals surface area contributed by atoms with Crippen LogP contribution in [0.2, 0.25) is 5.02 Å². The summed E-state index contributed by atoms with van der Waals surface area (Å²) in [6.45, 7) is 2.22. The molecule has 1 atom stereocenters. The van der Waals surface area contributed by atoms with Gasteiger partial charge in [0.05, 0.1) is 0 Å². The molecule has 1 heteroatoms. The van der Waals surface area contributed by atoms with Gasteiger partial charge in [0, 0.05) is 5.02 Å². The fourth-order valence-electron chi connectivity index (χ4n) is 2.00. The van der Waals surface area contributed by atoms with Gasteiger partial charge < -0.3 is 0 Å². The maximum atomic E-state index is 5.86. The molecule has 0 aromatic heterocycles. The van der Waals surface area contributed by atoms with Gasteiger partial charge in [0.15, 0.2) is 0 Å². The lowest BCUT2D eigenvalue weighted by molar-refractivity contribution is 0.599. The predicted octanol–water partition coefficient (Wildman–Crippen LogP) is 4.55. The lowest BCUT2D eigenvalue weighted by atomic mass is 9.85. The molecule has 14 heavy (non-hydrogen) atoms.